The molecule has 0 aliphatic heterocycles. The van der Waals surface area contributed by atoms with Gasteiger partial charge in [-0.3, -0.25) is 0 Å². The van der Waals surface area contributed by atoms with Gasteiger partial charge in [0.2, 0.25) is 0 Å². The summed E-state index contributed by atoms with van der Waals surface area (Å²) in [5.74, 6) is 0.0295. The van der Waals surface area contributed by atoms with Gasteiger partial charge in [-0.1, -0.05) is 88.5 Å². The van der Waals surface area contributed by atoms with Crippen molar-refractivity contribution in [3.8, 4) is 0 Å². The van der Waals surface area contributed by atoms with Gasteiger partial charge in [-0.15, -0.1) is 0 Å². The molecule has 1 heteroatoms. The van der Waals surface area contributed by atoms with Crippen molar-refractivity contribution in [1.29, 1.82) is 0 Å². The largest absolute Gasteiger partial charge is 0.398 e. The molecule has 0 saturated carbocycles. The first-order valence-corrected chi connectivity index (χ1v) is 16.8. The first-order valence-electron chi connectivity index (χ1n) is 16.8. The first kappa shape index (κ1) is 33.3. The van der Waals surface area contributed by atoms with Crippen LogP contribution in [0, 0.1) is 90.0 Å². The van der Waals surface area contributed by atoms with Gasteiger partial charge in [0.25, 0.3) is 0 Å². The minimum absolute atomic E-state index is 0.0147. The van der Waals surface area contributed by atoms with Gasteiger partial charge in [-0.25, -0.2) is 0 Å². The molecule has 0 bridgehead atoms. The summed E-state index contributed by atoms with van der Waals surface area (Å²) in [5, 5.41) is 0. The lowest BCUT2D eigenvalue weighted by atomic mass is 9.72. The van der Waals surface area contributed by atoms with Crippen LogP contribution in [0.25, 0.3) is 0 Å². The van der Waals surface area contributed by atoms with Crippen molar-refractivity contribution in [3.63, 3.8) is 0 Å². The molecule has 238 valence electrons. The van der Waals surface area contributed by atoms with Gasteiger partial charge >= 0.3 is 0 Å². The number of aryl methyl sites for hydroxylation is 13. The fourth-order valence-corrected chi connectivity index (χ4v) is 8.83. The van der Waals surface area contributed by atoms with Crippen molar-refractivity contribution in [2.45, 2.75) is 102 Å². The Hall–Kier alpha value is -4.10. The molecule has 0 unspecified atom stereocenters. The van der Waals surface area contributed by atoms with E-state index in [-0.39, 0.29) is 11.8 Å². The van der Waals surface area contributed by atoms with Gasteiger partial charge in [0.15, 0.2) is 0 Å². The molecule has 46 heavy (non-hydrogen) atoms. The molecule has 0 heterocycles. The van der Waals surface area contributed by atoms with E-state index in [0.29, 0.717) is 0 Å². The van der Waals surface area contributed by atoms with Crippen molar-refractivity contribution in [1.82, 2.24) is 0 Å². The highest BCUT2D eigenvalue weighted by molar-refractivity contribution is 5.69. The lowest BCUT2D eigenvalue weighted by Gasteiger charge is -2.32. The van der Waals surface area contributed by atoms with Gasteiger partial charge in [0.1, 0.15) is 0 Å². The van der Waals surface area contributed by atoms with E-state index in [2.05, 4.69) is 151 Å². The number of rotatable bonds is 6. The molecular weight excluding hydrogens is 555 g/mol. The molecule has 0 radical (unpaired) electrons. The highest BCUT2D eigenvalue weighted by Crippen LogP contribution is 2.47. The zero-order chi connectivity index (χ0) is 33.8. The van der Waals surface area contributed by atoms with Crippen molar-refractivity contribution < 1.29 is 0 Å². The highest BCUT2D eigenvalue weighted by Gasteiger charge is 2.31. The Morgan fingerprint density at radius 3 is 0.674 bits per heavy atom. The smallest absolute Gasteiger partial charge is 0.0398 e. The molecule has 0 spiro atoms. The third kappa shape index (κ3) is 6.05. The molecular formula is C45H53N. The van der Waals surface area contributed by atoms with Crippen LogP contribution in [0.3, 0.4) is 0 Å². The predicted molar refractivity (Wildman–Crippen MR) is 200 cm³/mol. The number of hydrogen-bond donors (Lipinski definition) is 1. The van der Waals surface area contributed by atoms with Crippen LogP contribution in [0.1, 0.15) is 118 Å². The summed E-state index contributed by atoms with van der Waals surface area (Å²) in [7, 11) is 0. The molecule has 1 nitrogen and oxygen atoms in total. The van der Waals surface area contributed by atoms with Crippen molar-refractivity contribution in [2.75, 3.05) is 5.73 Å². The van der Waals surface area contributed by atoms with Gasteiger partial charge in [-0.05, 0) is 168 Å². The highest BCUT2D eigenvalue weighted by atomic mass is 14.6. The van der Waals surface area contributed by atoms with Gasteiger partial charge in [0, 0.05) is 17.5 Å². The Bertz CT molecular complexity index is 1640. The number of nitrogens with two attached hydrogens (primary N) is 1. The maximum atomic E-state index is 7.62. The van der Waals surface area contributed by atoms with Crippen molar-refractivity contribution in [2.24, 2.45) is 0 Å². The molecule has 0 fully saturated rings. The van der Waals surface area contributed by atoms with Crippen LogP contribution in [-0.2, 0) is 0 Å². The number of nitrogen functional groups attached to an aromatic ring is 1. The maximum Gasteiger partial charge on any atom is 0.0398 e. The summed E-state index contributed by atoms with van der Waals surface area (Å²) in [5.41, 5.74) is 33.3. The van der Waals surface area contributed by atoms with Crippen LogP contribution >= 0.6 is 0 Å². The first-order chi connectivity index (χ1) is 21.6. The van der Waals surface area contributed by atoms with Gasteiger partial charge in [-0.2, -0.15) is 0 Å². The molecule has 5 rings (SSSR count). The lowest BCUT2D eigenvalue weighted by Crippen LogP contribution is -2.18. The second kappa shape index (κ2) is 12.6. The van der Waals surface area contributed by atoms with E-state index in [9.17, 15) is 0 Å². The molecule has 2 N–H and O–H groups in total. The third-order valence-corrected chi connectivity index (χ3v) is 10.1. The molecule has 5 aromatic carbocycles. The van der Waals surface area contributed by atoms with E-state index < -0.39 is 0 Å². The van der Waals surface area contributed by atoms with Crippen LogP contribution < -0.4 is 5.73 Å². The van der Waals surface area contributed by atoms with Crippen molar-refractivity contribution >= 4 is 5.69 Å². The van der Waals surface area contributed by atoms with Crippen LogP contribution in [-0.4, -0.2) is 0 Å². The Balaban J connectivity index is 1.93. The number of benzene rings is 5. The molecule has 0 amide bonds. The Morgan fingerprint density at radius 1 is 0.304 bits per heavy atom. The minimum atomic E-state index is 0.0147. The van der Waals surface area contributed by atoms with Gasteiger partial charge in [0.05, 0.1) is 0 Å². The van der Waals surface area contributed by atoms with Crippen molar-refractivity contribution in [3.05, 3.63) is 166 Å². The summed E-state index contributed by atoms with van der Waals surface area (Å²) < 4.78 is 0. The zero-order valence-electron chi connectivity index (χ0n) is 30.5. The van der Waals surface area contributed by atoms with E-state index in [1.165, 1.54) is 106 Å². The number of anilines is 1. The summed E-state index contributed by atoms with van der Waals surface area (Å²) in [4.78, 5) is 0. The summed E-state index contributed by atoms with van der Waals surface area (Å²) in [6.07, 6.45) is 0. The number of hydrogen-bond acceptors (Lipinski definition) is 1. The molecule has 0 aliphatic carbocycles. The van der Waals surface area contributed by atoms with E-state index in [0.717, 1.165) is 5.69 Å². The zero-order valence-corrected chi connectivity index (χ0v) is 30.5. The predicted octanol–water partition coefficient (Wildman–Crippen LogP) is 11.6. The Labute approximate surface area is 278 Å². The normalized spacial score (nSPS) is 11.6. The molecule has 5 aromatic rings. The molecule has 0 aromatic heterocycles. The standard InChI is InChI=1S/C45H53N/c1-24-14-29(6)39(30(7)15-24)43(40-31(8)16-25(2)17-32(40)9)37-22-28(5)23-38(45(37)46)44(41-33(10)18-26(3)19-34(41)11)42-35(12)20-27(4)21-36(42)13/h14-23,43-44H,46H2,1-13H3. The topological polar surface area (TPSA) is 26.0 Å². The monoisotopic (exact) mass is 607 g/mol. The molecule has 0 aliphatic rings. The fourth-order valence-electron chi connectivity index (χ4n) is 8.83. The van der Waals surface area contributed by atoms with Crippen LogP contribution in [0.4, 0.5) is 5.69 Å². The second-order valence-electron chi connectivity index (χ2n) is 14.5. The summed E-state index contributed by atoms with van der Waals surface area (Å²) in [6, 6.07) is 23.4. The molecule has 0 atom stereocenters. The summed E-state index contributed by atoms with van der Waals surface area (Å²) in [6.45, 7) is 29.2. The van der Waals surface area contributed by atoms with E-state index >= 15 is 0 Å². The maximum absolute atomic E-state index is 7.62. The average Bonchev–Trinajstić information content (AvgIpc) is 2.90. The SMILES string of the molecule is Cc1cc(C)c(C(c2cc(C)cc(C(c3c(C)cc(C)cc3C)c3c(C)cc(C)cc3C)c2N)c2c(C)cc(C)cc2C)c(C)c1. The Kier molecular flexibility index (Phi) is 9.11. The average molecular weight is 608 g/mol. The third-order valence-electron chi connectivity index (χ3n) is 10.1. The Morgan fingerprint density at radius 2 is 0.478 bits per heavy atom. The molecule has 0 saturated heterocycles. The fraction of sp³-hybridized carbons (Fsp3) is 0.333. The van der Waals surface area contributed by atoms with Crippen LogP contribution in [0.5, 0.6) is 0 Å². The van der Waals surface area contributed by atoms with E-state index in [4.69, 9.17) is 5.73 Å². The van der Waals surface area contributed by atoms with E-state index in [1.54, 1.807) is 0 Å². The minimum Gasteiger partial charge on any atom is -0.398 e. The lowest BCUT2D eigenvalue weighted by molar-refractivity contribution is 0.892. The van der Waals surface area contributed by atoms with E-state index in [1.807, 2.05) is 0 Å². The second-order valence-corrected chi connectivity index (χ2v) is 14.5. The van der Waals surface area contributed by atoms with Crippen LogP contribution in [0.15, 0.2) is 60.7 Å². The summed E-state index contributed by atoms with van der Waals surface area (Å²) >= 11 is 0. The quantitative estimate of drug-likeness (QED) is 0.151. The van der Waals surface area contributed by atoms with Crippen LogP contribution in [0.2, 0.25) is 0 Å². The van der Waals surface area contributed by atoms with Gasteiger partial charge < -0.3 is 5.73 Å².